The molecule has 0 radical (unpaired) electrons. The Morgan fingerprint density at radius 3 is 2.62 bits per heavy atom. The summed E-state index contributed by atoms with van der Waals surface area (Å²) in [5.41, 5.74) is 5.43. The molecule has 0 bridgehead atoms. The lowest BCUT2D eigenvalue weighted by atomic mass is 10.00. The van der Waals surface area contributed by atoms with Crippen molar-refractivity contribution < 1.29 is 4.79 Å². The topological polar surface area (TPSA) is 58.4 Å². The van der Waals surface area contributed by atoms with Crippen molar-refractivity contribution in [2.24, 2.45) is 11.7 Å². The van der Waals surface area contributed by atoms with Gasteiger partial charge in [-0.05, 0) is 25.7 Å². The second-order valence-corrected chi connectivity index (χ2v) is 5.21. The standard InChI is InChI=1S/C11H21N3OS/c1-8-3-5-14(6-4-8)11(15)13-9(2)7-10(12)16/h8-9H,3-7H2,1-2H3,(H2,12,16)(H,13,15). The quantitative estimate of drug-likeness (QED) is 0.738. The monoisotopic (exact) mass is 243 g/mol. The Balaban J connectivity index is 2.32. The van der Waals surface area contributed by atoms with E-state index < -0.39 is 0 Å². The van der Waals surface area contributed by atoms with Gasteiger partial charge in [0.2, 0.25) is 0 Å². The molecule has 1 atom stereocenters. The lowest BCUT2D eigenvalue weighted by Gasteiger charge is -2.31. The van der Waals surface area contributed by atoms with Crippen LogP contribution < -0.4 is 11.1 Å². The maximum atomic E-state index is 11.8. The Morgan fingerprint density at radius 2 is 2.12 bits per heavy atom. The molecule has 0 spiro atoms. The van der Waals surface area contributed by atoms with Crippen LogP contribution in [0.5, 0.6) is 0 Å². The minimum absolute atomic E-state index is 0.00986. The molecule has 0 aliphatic carbocycles. The van der Waals surface area contributed by atoms with E-state index >= 15 is 0 Å². The summed E-state index contributed by atoms with van der Waals surface area (Å²) in [5.74, 6) is 0.734. The van der Waals surface area contributed by atoms with E-state index in [9.17, 15) is 4.79 Å². The third-order valence-corrected chi connectivity index (χ3v) is 3.11. The highest BCUT2D eigenvalue weighted by Crippen LogP contribution is 2.15. The number of amides is 2. The van der Waals surface area contributed by atoms with E-state index in [1.54, 1.807) is 0 Å². The zero-order valence-corrected chi connectivity index (χ0v) is 10.8. The van der Waals surface area contributed by atoms with Gasteiger partial charge in [-0.1, -0.05) is 19.1 Å². The van der Waals surface area contributed by atoms with Crippen LogP contribution in [0, 0.1) is 5.92 Å². The SMILES string of the molecule is CC1CCN(C(=O)NC(C)CC(N)=S)CC1. The van der Waals surface area contributed by atoms with E-state index in [0.29, 0.717) is 11.4 Å². The average Bonchev–Trinajstić information content (AvgIpc) is 2.16. The van der Waals surface area contributed by atoms with Crippen LogP contribution in [-0.2, 0) is 0 Å². The molecule has 0 saturated carbocycles. The summed E-state index contributed by atoms with van der Waals surface area (Å²) < 4.78 is 0. The number of hydrogen-bond donors (Lipinski definition) is 2. The van der Waals surface area contributed by atoms with Crippen molar-refractivity contribution >= 4 is 23.2 Å². The number of nitrogens with two attached hydrogens (primary N) is 1. The van der Waals surface area contributed by atoms with Gasteiger partial charge >= 0.3 is 6.03 Å². The molecule has 1 fully saturated rings. The molecule has 2 amide bonds. The van der Waals surface area contributed by atoms with Crippen molar-refractivity contribution in [1.29, 1.82) is 0 Å². The van der Waals surface area contributed by atoms with E-state index in [1.165, 1.54) is 0 Å². The lowest BCUT2D eigenvalue weighted by molar-refractivity contribution is 0.171. The molecule has 1 heterocycles. The summed E-state index contributed by atoms with van der Waals surface area (Å²) in [7, 11) is 0. The number of carbonyl (C=O) groups is 1. The van der Waals surface area contributed by atoms with Crippen LogP contribution in [-0.4, -0.2) is 35.1 Å². The molecule has 1 aliphatic rings. The fourth-order valence-corrected chi connectivity index (χ4v) is 2.12. The Labute approximate surface area is 103 Å². The third kappa shape index (κ3) is 4.35. The van der Waals surface area contributed by atoms with Crippen LogP contribution in [0.25, 0.3) is 0 Å². The molecule has 0 aromatic carbocycles. The minimum atomic E-state index is 0.00986. The molecule has 5 heteroatoms. The van der Waals surface area contributed by atoms with E-state index in [0.717, 1.165) is 31.8 Å². The maximum absolute atomic E-state index is 11.8. The first-order valence-electron chi connectivity index (χ1n) is 5.82. The Bertz CT molecular complexity index is 262. The Morgan fingerprint density at radius 1 is 1.56 bits per heavy atom. The number of thiocarbonyl (C=S) groups is 1. The van der Waals surface area contributed by atoms with Crippen molar-refractivity contribution in [2.75, 3.05) is 13.1 Å². The summed E-state index contributed by atoms with van der Waals surface area (Å²) >= 11 is 4.81. The van der Waals surface area contributed by atoms with Crippen molar-refractivity contribution in [2.45, 2.75) is 39.2 Å². The molecule has 1 aliphatic heterocycles. The predicted molar refractivity (Wildman–Crippen MR) is 69.4 cm³/mol. The number of carbonyl (C=O) groups excluding carboxylic acids is 1. The maximum Gasteiger partial charge on any atom is 0.317 e. The largest absolute Gasteiger partial charge is 0.393 e. The molecule has 1 unspecified atom stereocenters. The highest BCUT2D eigenvalue weighted by atomic mass is 32.1. The second kappa shape index (κ2) is 6.03. The van der Waals surface area contributed by atoms with Gasteiger partial charge in [0.15, 0.2) is 0 Å². The van der Waals surface area contributed by atoms with Gasteiger partial charge in [0.25, 0.3) is 0 Å². The van der Waals surface area contributed by atoms with E-state index in [1.807, 2.05) is 11.8 Å². The van der Waals surface area contributed by atoms with Crippen LogP contribution in [0.15, 0.2) is 0 Å². The molecule has 92 valence electrons. The molecule has 1 rings (SSSR count). The van der Waals surface area contributed by atoms with Gasteiger partial charge in [0.1, 0.15) is 0 Å². The molecule has 1 saturated heterocycles. The first-order valence-corrected chi connectivity index (χ1v) is 6.23. The summed E-state index contributed by atoms with van der Waals surface area (Å²) in [6, 6.07) is 0.0278. The highest BCUT2D eigenvalue weighted by Gasteiger charge is 2.21. The van der Waals surface area contributed by atoms with Crippen molar-refractivity contribution in [3.8, 4) is 0 Å². The average molecular weight is 243 g/mol. The number of likely N-dealkylation sites (tertiary alicyclic amines) is 1. The molecule has 3 N–H and O–H groups in total. The first kappa shape index (κ1) is 13.2. The van der Waals surface area contributed by atoms with Crippen LogP contribution in [0.2, 0.25) is 0 Å². The van der Waals surface area contributed by atoms with Crippen LogP contribution >= 0.6 is 12.2 Å². The molecular formula is C11H21N3OS. The van der Waals surface area contributed by atoms with Gasteiger partial charge in [0.05, 0.1) is 4.99 Å². The molecular weight excluding hydrogens is 222 g/mol. The smallest absolute Gasteiger partial charge is 0.317 e. The second-order valence-electron chi connectivity index (χ2n) is 4.69. The van der Waals surface area contributed by atoms with Crippen LogP contribution in [0.3, 0.4) is 0 Å². The van der Waals surface area contributed by atoms with Crippen molar-refractivity contribution in [1.82, 2.24) is 10.2 Å². The number of urea groups is 1. The summed E-state index contributed by atoms with van der Waals surface area (Å²) in [6.45, 7) is 5.86. The van der Waals surface area contributed by atoms with Crippen molar-refractivity contribution in [3.05, 3.63) is 0 Å². The normalized spacial score (nSPS) is 19.2. The summed E-state index contributed by atoms with van der Waals surface area (Å²) in [6.07, 6.45) is 2.75. The Hall–Kier alpha value is -0.840. The predicted octanol–water partition coefficient (Wildman–Crippen LogP) is 1.49. The van der Waals surface area contributed by atoms with E-state index in [2.05, 4.69) is 12.2 Å². The van der Waals surface area contributed by atoms with Gasteiger partial charge in [-0.15, -0.1) is 0 Å². The molecule has 4 nitrogen and oxygen atoms in total. The van der Waals surface area contributed by atoms with Gasteiger partial charge in [0, 0.05) is 25.6 Å². The number of nitrogens with one attached hydrogen (secondary N) is 1. The number of hydrogen-bond acceptors (Lipinski definition) is 2. The molecule has 0 aromatic rings. The van der Waals surface area contributed by atoms with Gasteiger partial charge in [-0.25, -0.2) is 4.79 Å². The van der Waals surface area contributed by atoms with Gasteiger partial charge < -0.3 is 16.0 Å². The molecule has 0 aromatic heterocycles. The lowest BCUT2D eigenvalue weighted by Crippen LogP contribution is -2.47. The Kier molecular flexibility index (Phi) is 4.99. The number of nitrogens with zero attached hydrogens (tertiary/aromatic N) is 1. The molecule has 16 heavy (non-hydrogen) atoms. The number of piperidine rings is 1. The zero-order chi connectivity index (χ0) is 12.1. The first-order chi connectivity index (χ1) is 7.49. The van der Waals surface area contributed by atoms with E-state index in [4.69, 9.17) is 18.0 Å². The third-order valence-electron chi connectivity index (χ3n) is 2.95. The van der Waals surface area contributed by atoms with Gasteiger partial charge in [-0.2, -0.15) is 0 Å². The summed E-state index contributed by atoms with van der Waals surface area (Å²) in [4.78, 5) is 14.1. The van der Waals surface area contributed by atoms with Crippen LogP contribution in [0.1, 0.15) is 33.1 Å². The zero-order valence-electron chi connectivity index (χ0n) is 10.0. The number of rotatable bonds is 3. The minimum Gasteiger partial charge on any atom is -0.393 e. The fraction of sp³-hybridized carbons (Fsp3) is 0.818. The van der Waals surface area contributed by atoms with Crippen molar-refractivity contribution in [3.63, 3.8) is 0 Å². The highest BCUT2D eigenvalue weighted by molar-refractivity contribution is 7.80. The van der Waals surface area contributed by atoms with E-state index in [-0.39, 0.29) is 12.1 Å². The van der Waals surface area contributed by atoms with Gasteiger partial charge in [-0.3, -0.25) is 0 Å². The summed E-state index contributed by atoms with van der Waals surface area (Å²) in [5, 5.41) is 2.92. The van der Waals surface area contributed by atoms with Crippen LogP contribution in [0.4, 0.5) is 4.79 Å². The fourth-order valence-electron chi connectivity index (χ4n) is 1.87.